The Morgan fingerprint density at radius 1 is 1.10 bits per heavy atom. The van der Waals surface area contributed by atoms with Crippen LogP contribution in [-0.4, -0.2) is 33.7 Å². The molecule has 2 aromatic carbocycles. The maximum absolute atomic E-state index is 12.7. The van der Waals surface area contributed by atoms with Gasteiger partial charge >= 0.3 is 6.09 Å². The number of nitrogens with one attached hydrogen (secondary N) is 1. The lowest BCUT2D eigenvalue weighted by Gasteiger charge is -2.17. The first-order valence-electron chi connectivity index (χ1n) is 9.91. The van der Waals surface area contributed by atoms with Crippen LogP contribution in [0.25, 0.3) is 0 Å². The number of carbonyl (C=O) groups excluding carboxylic acids is 2. The number of halogens is 1. The molecule has 0 aliphatic carbocycles. The fourth-order valence-corrected chi connectivity index (χ4v) is 3.14. The Morgan fingerprint density at radius 3 is 2.35 bits per heavy atom. The highest BCUT2D eigenvalue weighted by Crippen LogP contribution is 2.15. The first-order chi connectivity index (χ1) is 14.9. The van der Waals surface area contributed by atoms with Crippen LogP contribution in [0.5, 0.6) is 0 Å². The quantitative estimate of drug-likeness (QED) is 0.579. The number of aryl methyl sites for hydroxylation is 2. The Hall–Kier alpha value is -3.32. The summed E-state index contributed by atoms with van der Waals surface area (Å²) in [6.45, 7) is 2.60. The van der Waals surface area contributed by atoms with Crippen molar-refractivity contribution < 1.29 is 14.3 Å². The summed E-state index contributed by atoms with van der Waals surface area (Å²) in [4.78, 5) is 26.3. The summed E-state index contributed by atoms with van der Waals surface area (Å²) in [6.07, 6.45) is 0.236. The van der Waals surface area contributed by atoms with Gasteiger partial charge in [0.05, 0.1) is 5.69 Å². The molecule has 1 N–H and O–H groups in total. The minimum absolute atomic E-state index is 0.0947. The lowest BCUT2D eigenvalue weighted by molar-refractivity contribution is 0.0774. The van der Waals surface area contributed by atoms with Crippen LogP contribution in [-0.2, 0) is 31.4 Å². The Morgan fingerprint density at radius 2 is 1.74 bits per heavy atom. The zero-order chi connectivity index (χ0) is 22.4. The number of ether oxygens (including phenoxy) is 1. The number of nitrogens with zero attached hydrogens (tertiary/aromatic N) is 3. The molecule has 0 aliphatic heterocycles. The number of anilines is 1. The lowest BCUT2D eigenvalue weighted by atomic mass is 10.2. The number of carbonyl (C=O) groups is 2. The number of aromatic nitrogens is 2. The van der Waals surface area contributed by atoms with E-state index >= 15 is 0 Å². The van der Waals surface area contributed by atoms with E-state index in [1.165, 1.54) is 0 Å². The lowest BCUT2D eigenvalue weighted by Crippen LogP contribution is -2.28. The molecule has 0 saturated carbocycles. The van der Waals surface area contributed by atoms with E-state index in [0.717, 1.165) is 23.2 Å². The predicted octanol–water partition coefficient (Wildman–Crippen LogP) is 4.66. The van der Waals surface area contributed by atoms with Gasteiger partial charge in [0.1, 0.15) is 12.3 Å². The van der Waals surface area contributed by atoms with Gasteiger partial charge in [-0.2, -0.15) is 5.10 Å². The molecular weight excluding hydrogens is 416 g/mol. The van der Waals surface area contributed by atoms with Gasteiger partial charge in [-0.3, -0.25) is 14.8 Å². The summed E-state index contributed by atoms with van der Waals surface area (Å²) >= 11 is 5.84. The van der Waals surface area contributed by atoms with Crippen LogP contribution in [0.4, 0.5) is 10.5 Å². The third kappa shape index (κ3) is 6.08. The van der Waals surface area contributed by atoms with E-state index in [1.807, 2.05) is 25.1 Å². The van der Waals surface area contributed by atoms with Crippen molar-refractivity contribution in [2.75, 3.05) is 12.4 Å². The maximum Gasteiger partial charge on any atom is 0.411 e. The molecule has 0 atom stereocenters. The van der Waals surface area contributed by atoms with E-state index in [-0.39, 0.29) is 12.5 Å². The van der Waals surface area contributed by atoms with Crippen molar-refractivity contribution in [3.05, 3.63) is 82.1 Å². The SMILES string of the molecule is CCc1cc(C(=O)N(C)Cc2ccc(NC(=O)OCc3ccc(Cl)cc3)cc2)n(C)n1. The second-order valence-corrected chi connectivity index (χ2v) is 7.62. The average molecular weight is 441 g/mol. The molecule has 3 rings (SSSR count). The van der Waals surface area contributed by atoms with Gasteiger partial charge in [0.25, 0.3) is 5.91 Å². The smallest absolute Gasteiger partial charge is 0.411 e. The van der Waals surface area contributed by atoms with Crippen LogP contribution >= 0.6 is 11.6 Å². The molecule has 31 heavy (non-hydrogen) atoms. The molecule has 0 aliphatic rings. The number of amides is 2. The largest absolute Gasteiger partial charge is 0.444 e. The predicted molar refractivity (Wildman–Crippen MR) is 120 cm³/mol. The molecule has 2 amide bonds. The summed E-state index contributed by atoms with van der Waals surface area (Å²) in [5.41, 5.74) is 3.84. The van der Waals surface area contributed by atoms with Crippen molar-refractivity contribution in [2.45, 2.75) is 26.5 Å². The van der Waals surface area contributed by atoms with E-state index in [4.69, 9.17) is 16.3 Å². The van der Waals surface area contributed by atoms with Crippen molar-refractivity contribution in [3.8, 4) is 0 Å². The van der Waals surface area contributed by atoms with Crippen molar-refractivity contribution >= 4 is 29.3 Å². The zero-order valence-corrected chi connectivity index (χ0v) is 18.5. The number of hydrogen-bond donors (Lipinski definition) is 1. The minimum atomic E-state index is -0.544. The number of benzene rings is 2. The van der Waals surface area contributed by atoms with E-state index in [2.05, 4.69) is 10.4 Å². The summed E-state index contributed by atoms with van der Waals surface area (Å²) < 4.78 is 6.83. The molecule has 0 unspecified atom stereocenters. The van der Waals surface area contributed by atoms with Gasteiger partial charge in [-0.15, -0.1) is 0 Å². The molecule has 0 spiro atoms. The Labute approximate surface area is 186 Å². The van der Waals surface area contributed by atoms with Gasteiger partial charge in [-0.1, -0.05) is 42.8 Å². The van der Waals surface area contributed by atoms with Gasteiger partial charge in [-0.25, -0.2) is 4.79 Å². The van der Waals surface area contributed by atoms with Crippen molar-refractivity contribution in [3.63, 3.8) is 0 Å². The maximum atomic E-state index is 12.7. The van der Waals surface area contributed by atoms with E-state index in [0.29, 0.717) is 22.9 Å². The first-order valence-corrected chi connectivity index (χ1v) is 10.3. The standard InChI is InChI=1S/C23H25ClN4O3/c1-4-19-13-21(28(3)26-19)22(29)27(2)14-16-7-11-20(12-8-16)25-23(30)31-15-17-5-9-18(24)10-6-17/h5-13H,4,14-15H2,1-3H3,(H,25,30). The number of rotatable bonds is 7. The molecule has 0 fully saturated rings. The van der Waals surface area contributed by atoms with Crippen molar-refractivity contribution in [1.82, 2.24) is 14.7 Å². The fraction of sp³-hybridized carbons (Fsp3) is 0.261. The zero-order valence-electron chi connectivity index (χ0n) is 17.8. The van der Waals surface area contributed by atoms with Crippen LogP contribution in [0.1, 0.15) is 34.2 Å². The van der Waals surface area contributed by atoms with Gasteiger partial charge < -0.3 is 9.64 Å². The molecule has 1 aromatic heterocycles. The molecule has 0 radical (unpaired) electrons. The normalized spacial score (nSPS) is 10.6. The fourth-order valence-electron chi connectivity index (χ4n) is 3.02. The van der Waals surface area contributed by atoms with E-state index in [9.17, 15) is 9.59 Å². The second-order valence-electron chi connectivity index (χ2n) is 7.18. The van der Waals surface area contributed by atoms with Gasteiger partial charge in [0, 0.05) is 31.4 Å². The summed E-state index contributed by atoms with van der Waals surface area (Å²) in [7, 11) is 3.52. The first kappa shape index (κ1) is 22.4. The highest BCUT2D eigenvalue weighted by Gasteiger charge is 2.17. The topological polar surface area (TPSA) is 76.5 Å². The molecular formula is C23H25ClN4O3. The molecule has 0 bridgehead atoms. The van der Waals surface area contributed by atoms with Gasteiger partial charge in [0.15, 0.2) is 0 Å². The molecule has 8 heteroatoms. The molecule has 162 valence electrons. The Kier molecular flexibility index (Phi) is 7.31. The summed E-state index contributed by atoms with van der Waals surface area (Å²) in [6, 6.07) is 16.2. The molecule has 7 nitrogen and oxygen atoms in total. The minimum Gasteiger partial charge on any atom is -0.444 e. The highest BCUT2D eigenvalue weighted by atomic mass is 35.5. The third-order valence-corrected chi connectivity index (χ3v) is 5.01. The van der Waals surface area contributed by atoms with E-state index in [1.54, 1.807) is 60.1 Å². The summed E-state index contributed by atoms with van der Waals surface area (Å²) in [5, 5.41) is 7.65. The highest BCUT2D eigenvalue weighted by molar-refractivity contribution is 6.30. The summed E-state index contributed by atoms with van der Waals surface area (Å²) in [5.74, 6) is -0.0947. The Bertz CT molecular complexity index is 1050. The van der Waals surface area contributed by atoms with Gasteiger partial charge in [0.2, 0.25) is 0 Å². The molecule has 0 saturated heterocycles. The van der Waals surface area contributed by atoms with Crippen LogP contribution in [0.3, 0.4) is 0 Å². The van der Waals surface area contributed by atoms with Crippen molar-refractivity contribution in [2.24, 2.45) is 7.05 Å². The van der Waals surface area contributed by atoms with Crippen LogP contribution < -0.4 is 5.32 Å². The van der Waals surface area contributed by atoms with Crippen LogP contribution in [0, 0.1) is 0 Å². The Balaban J connectivity index is 1.52. The third-order valence-electron chi connectivity index (χ3n) is 4.76. The van der Waals surface area contributed by atoms with Crippen LogP contribution in [0.15, 0.2) is 54.6 Å². The van der Waals surface area contributed by atoms with Gasteiger partial charge in [-0.05, 0) is 47.9 Å². The van der Waals surface area contributed by atoms with Crippen molar-refractivity contribution in [1.29, 1.82) is 0 Å². The molecule has 3 aromatic rings. The van der Waals surface area contributed by atoms with Crippen LogP contribution in [0.2, 0.25) is 5.02 Å². The molecule has 1 heterocycles. The second kappa shape index (κ2) is 10.1. The average Bonchev–Trinajstić information content (AvgIpc) is 3.15. The number of hydrogen-bond acceptors (Lipinski definition) is 4. The van der Waals surface area contributed by atoms with E-state index < -0.39 is 6.09 Å². The monoisotopic (exact) mass is 440 g/mol.